The van der Waals surface area contributed by atoms with Crippen LogP contribution in [0.1, 0.15) is 38.8 Å². The predicted molar refractivity (Wildman–Crippen MR) is 130 cm³/mol. The van der Waals surface area contributed by atoms with Gasteiger partial charge in [-0.15, -0.1) is 0 Å². The van der Waals surface area contributed by atoms with E-state index in [1.54, 1.807) is 6.08 Å². The number of amides is 1. The molecule has 2 aromatic carbocycles. The number of hydrogen-bond acceptors (Lipinski definition) is 6. The van der Waals surface area contributed by atoms with Gasteiger partial charge in [-0.1, -0.05) is 63.0 Å². The Kier molecular flexibility index (Phi) is 7.62. The average molecular weight is 458 g/mol. The SMILES string of the molecule is CCOc1cc(C=C2SC(=S)NC2=O)ccc1OCCOc1ccc(C(C)(C)C)cc1. The summed E-state index contributed by atoms with van der Waals surface area (Å²) in [5, 5.41) is 2.61. The van der Waals surface area contributed by atoms with Gasteiger partial charge in [-0.3, -0.25) is 4.79 Å². The molecule has 1 fully saturated rings. The van der Waals surface area contributed by atoms with E-state index in [1.807, 2.05) is 37.3 Å². The highest BCUT2D eigenvalue weighted by Crippen LogP contribution is 2.32. The first kappa shape index (κ1) is 23.2. The zero-order valence-corrected chi connectivity index (χ0v) is 19.8. The molecule has 1 heterocycles. The molecule has 1 aliphatic heterocycles. The zero-order chi connectivity index (χ0) is 22.4. The molecule has 31 heavy (non-hydrogen) atoms. The van der Waals surface area contributed by atoms with Gasteiger partial charge < -0.3 is 19.5 Å². The van der Waals surface area contributed by atoms with Crippen molar-refractivity contribution in [2.45, 2.75) is 33.1 Å². The van der Waals surface area contributed by atoms with Crippen molar-refractivity contribution < 1.29 is 19.0 Å². The van der Waals surface area contributed by atoms with Gasteiger partial charge in [0, 0.05) is 0 Å². The molecule has 0 aromatic heterocycles. The summed E-state index contributed by atoms with van der Waals surface area (Å²) in [6.07, 6.45) is 1.79. The van der Waals surface area contributed by atoms with Gasteiger partial charge in [-0.05, 0) is 53.8 Å². The fourth-order valence-corrected chi connectivity index (χ4v) is 3.98. The number of benzene rings is 2. The van der Waals surface area contributed by atoms with E-state index in [2.05, 4.69) is 38.2 Å². The van der Waals surface area contributed by atoms with Crippen molar-refractivity contribution >= 4 is 40.3 Å². The minimum Gasteiger partial charge on any atom is -0.490 e. The fraction of sp³-hybridized carbons (Fsp3) is 0.333. The quantitative estimate of drug-likeness (QED) is 0.329. The second-order valence-electron chi connectivity index (χ2n) is 7.96. The van der Waals surface area contributed by atoms with Crippen molar-refractivity contribution in [3.8, 4) is 17.2 Å². The predicted octanol–water partition coefficient (Wildman–Crippen LogP) is 5.33. The third kappa shape index (κ3) is 6.48. The summed E-state index contributed by atoms with van der Waals surface area (Å²) in [4.78, 5) is 12.4. The van der Waals surface area contributed by atoms with Gasteiger partial charge in [0.15, 0.2) is 11.5 Å². The molecule has 0 saturated carbocycles. The Labute approximate surface area is 193 Å². The number of carbonyl (C=O) groups excluding carboxylic acids is 1. The number of thiocarbonyl (C=S) groups is 1. The van der Waals surface area contributed by atoms with Crippen LogP contribution in [0, 0.1) is 0 Å². The van der Waals surface area contributed by atoms with Crippen molar-refractivity contribution in [2.75, 3.05) is 19.8 Å². The highest BCUT2D eigenvalue weighted by Gasteiger charge is 2.22. The van der Waals surface area contributed by atoms with Gasteiger partial charge in [0.1, 0.15) is 23.3 Å². The molecule has 0 radical (unpaired) electrons. The summed E-state index contributed by atoms with van der Waals surface area (Å²) >= 11 is 6.28. The summed E-state index contributed by atoms with van der Waals surface area (Å²) in [5.41, 5.74) is 2.22. The Morgan fingerprint density at radius 1 is 1.00 bits per heavy atom. The topological polar surface area (TPSA) is 56.8 Å². The third-order valence-corrected chi connectivity index (χ3v) is 5.70. The van der Waals surface area contributed by atoms with Crippen LogP contribution in [0.2, 0.25) is 0 Å². The van der Waals surface area contributed by atoms with Crippen molar-refractivity contribution in [3.63, 3.8) is 0 Å². The lowest BCUT2D eigenvalue weighted by Gasteiger charge is -2.19. The smallest absolute Gasteiger partial charge is 0.263 e. The second-order valence-corrected chi connectivity index (χ2v) is 9.68. The normalized spacial score (nSPS) is 15.2. The maximum Gasteiger partial charge on any atom is 0.263 e. The lowest BCUT2D eigenvalue weighted by atomic mass is 9.87. The molecule has 3 rings (SSSR count). The maximum absolute atomic E-state index is 11.9. The van der Waals surface area contributed by atoms with Gasteiger partial charge in [-0.25, -0.2) is 0 Å². The molecule has 0 bridgehead atoms. The average Bonchev–Trinajstić information content (AvgIpc) is 3.03. The van der Waals surface area contributed by atoms with E-state index < -0.39 is 0 Å². The van der Waals surface area contributed by atoms with Crippen LogP contribution in [-0.4, -0.2) is 30.0 Å². The van der Waals surface area contributed by atoms with Crippen LogP contribution < -0.4 is 19.5 Å². The van der Waals surface area contributed by atoms with Crippen molar-refractivity contribution in [1.29, 1.82) is 0 Å². The summed E-state index contributed by atoms with van der Waals surface area (Å²) in [6.45, 7) is 9.78. The summed E-state index contributed by atoms with van der Waals surface area (Å²) in [6, 6.07) is 13.7. The molecule has 0 unspecified atom stereocenters. The zero-order valence-electron chi connectivity index (χ0n) is 18.2. The minimum atomic E-state index is -0.180. The van der Waals surface area contributed by atoms with Crippen LogP contribution in [0.25, 0.3) is 6.08 Å². The molecule has 2 aromatic rings. The number of hydrogen-bond donors (Lipinski definition) is 1. The third-order valence-electron chi connectivity index (χ3n) is 4.54. The largest absolute Gasteiger partial charge is 0.490 e. The summed E-state index contributed by atoms with van der Waals surface area (Å²) in [7, 11) is 0. The molecule has 5 nitrogen and oxygen atoms in total. The molecule has 164 valence electrons. The van der Waals surface area contributed by atoms with E-state index in [1.165, 1.54) is 17.3 Å². The summed E-state index contributed by atoms with van der Waals surface area (Å²) < 4.78 is 17.9. The molecule has 1 N–H and O–H groups in total. The van der Waals surface area contributed by atoms with Crippen LogP contribution in [0.4, 0.5) is 0 Å². The van der Waals surface area contributed by atoms with Gasteiger partial charge in [0.2, 0.25) is 0 Å². The number of thioether (sulfide) groups is 1. The number of nitrogens with one attached hydrogen (secondary N) is 1. The van der Waals surface area contributed by atoms with Gasteiger partial charge in [-0.2, -0.15) is 0 Å². The highest BCUT2D eigenvalue weighted by molar-refractivity contribution is 8.26. The Morgan fingerprint density at radius 2 is 1.71 bits per heavy atom. The number of rotatable bonds is 8. The van der Waals surface area contributed by atoms with E-state index in [9.17, 15) is 4.79 Å². The Hall–Kier alpha value is -2.51. The maximum atomic E-state index is 11.9. The van der Waals surface area contributed by atoms with Gasteiger partial charge in [0.25, 0.3) is 5.91 Å². The van der Waals surface area contributed by atoms with Gasteiger partial charge >= 0.3 is 0 Å². The van der Waals surface area contributed by atoms with Crippen LogP contribution >= 0.6 is 24.0 Å². The lowest BCUT2D eigenvalue weighted by Crippen LogP contribution is -2.17. The molecule has 1 aliphatic rings. The standard InChI is InChI=1S/C24H27NO4S2/c1-5-27-20-14-16(15-21-22(26)25-23(30)31-21)6-11-19(20)29-13-12-28-18-9-7-17(8-10-18)24(2,3)4/h6-11,14-15H,5,12-13H2,1-4H3,(H,25,26,30). The lowest BCUT2D eigenvalue weighted by molar-refractivity contribution is -0.115. The Balaban J connectivity index is 1.59. The van der Waals surface area contributed by atoms with Crippen LogP contribution in [0.15, 0.2) is 47.4 Å². The monoisotopic (exact) mass is 457 g/mol. The Morgan fingerprint density at radius 3 is 2.32 bits per heavy atom. The van der Waals surface area contributed by atoms with Crippen molar-refractivity contribution in [2.24, 2.45) is 0 Å². The minimum absolute atomic E-state index is 0.117. The Bertz CT molecular complexity index is 978. The molecule has 1 amide bonds. The highest BCUT2D eigenvalue weighted by atomic mass is 32.2. The number of ether oxygens (including phenoxy) is 3. The van der Waals surface area contributed by atoms with E-state index >= 15 is 0 Å². The van der Waals surface area contributed by atoms with Gasteiger partial charge in [0.05, 0.1) is 11.5 Å². The van der Waals surface area contributed by atoms with Crippen molar-refractivity contribution in [1.82, 2.24) is 5.32 Å². The first-order valence-electron chi connectivity index (χ1n) is 10.1. The van der Waals surface area contributed by atoms with E-state index in [0.29, 0.717) is 40.5 Å². The molecule has 0 spiro atoms. The molecule has 0 aliphatic carbocycles. The van der Waals surface area contributed by atoms with E-state index in [0.717, 1.165) is 11.3 Å². The van der Waals surface area contributed by atoms with Crippen LogP contribution in [0.5, 0.6) is 17.2 Å². The molecular formula is C24H27NO4S2. The van der Waals surface area contributed by atoms with E-state index in [-0.39, 0.29) is 11.3 Å². The molecule has 1 saturated heterocycles. The second kappa shape index (κ2) is 10.2. The van der Waals surface area contributed by atoms with E-state index in [4.69, 9.17) is 26.4 Å². The first-order valence-corrected chi connectivity index (χ1v) is 11.4. The fourth-order valence-electron chi connectivity index (χ4n) is 2.94. The van der Waals surface area contributed by atoms with Crippen LogP contribution in [-0.2, 0) is 10.2 Å². The van der Waals surface area contributed by atoms with Crippen LogP contribution in [0.3, 0.4) is 0 Å². The first-order chi connectivity index (χ1) is 14.8. The summed E-state index contributed by atoms with van der Waals surface area (Å²) in [5.74, 6) is 1.89. The molecule has 7 heteroatoms. The molecule has 0 atom stereocenters. The number of carbonyl (C=O) groups is 1. The molecular weight excluding hydrogens is 430 g/mol. The van der Waals surface area contributed by atoms with Crippen molar-refractivity contribution in [3.05, 3.63) is 58.5 Å².